The number of amides is 1. The van der Waals surface area contributed by atoms with Crippen LogP contribution < -0.4 is 0 Å². The van der Waals surface area contributed by atoms with Crippen LogP contribution in [0.1, 0.15) is 41.1 Å². The standard InChI is InChI=1S/C23H27ClN2O/c24-22-9-5-4-8-21(22)23(27)26-15-10-18(17-26)16-25-13-11-20(12-14-25)19-6-2-1-3-7-19/h1-9,18,20H,10-17H2/t18-/m0/s1. The van der Waals surface area contributed by atoms with Crippen LogP contribution in [-0.2, 0) is 0 Å². The van der Waals surface area contributed by atoms with Crippen molar-refractivity contribution in [3.8, 4) is 0 Å². The lowest BCUT2D eigenvalue weighted by Crippen LogP contribution is -2.37. The molecule has 2 aliphatic rings. The van der Waals surface area contributed by atoms with E-state index in [2.05, 4.69) is 35.2 Å². The van der Waals surface area contributed by atoms with E-state index in [9.17, 15) is 4.79 Å². The highest BCUT2D eigenvalue weighted by Crippen LogP contribution is 2.29. The summed E-state index contributed by atoms with van der Waals surface area (Å²) in [5, 5.41) is 0.550. The Morgan fingerprint density at radius 1 is 0.926 bits per heavy atom. The summed E-state index contributed by atoms with van der Waals surface area (Å²) >= 11 is 6.20. The third-order valence-electron chi connectivity index (χ3n) is 6.05. The molecule has 0 unspecified atom stereocenters. The normalized spacial score (nSPS) is 21.5. The minimum atomic E-state index is 0.0749. The monoisotopic (exact) mass is 382 g/mol. The molecule has 0 radical (unpaired) electrons. The van der Waals surface area contributed by atoms with Crippen LogP contribution in [0.15, 0.2) is 54.6 Å². The first-order valence-corrected chi connectivity index (χ1v) is 10.4. The Balaban J connectivity index is 1.27. The van der Waals surface area contributed by atoms with Gasteiger partial charge in [-0.1, -0.05) is 54.1 Å². The summed E-state index contributed by atoms with van der Waals surface area (Å²) in [7, 11) is 0. The van der Waals surface area contributed by atoms with E-state index in [-0.39, 0.29) is 5.91 Å². The van der Waals surface area contributed by atoms with Gasteiger partial charge in [-0.15, -0.1) is 0 Å². The molecule has 2 aliphatic heterocycles. The topological polar surface area (TPSA) is 23.6 Å². The van der Waals surface area contributed by atoms with Crippen molar-refractivity contribution in [1.29, 1.82) is 0 Å². The molecule has 2 fully saturated rings. The van der Waals surface area contributed by atoms with E-state index in [1.807, 2.05) is 23.1 Å². The quantitative estimate of drug-likeness (QED) is 0.766. The molecule has 2 aromatic rings. The molecule has 1 atom stereocenters. The Kier molecular flexibility index (Phi) is 5.80. The molecule has 0 N–H and O–H groups in total. The lowest BCUT2D eigenvalue weighted by Gasteiger charge is -2.33. The van der Waals surface area contributed by atoms with E-state index in [1.165, 1.54) is 18.4 Å². The predicted octanol–water partition coefficient (Wildman–Crippen LogP) is 4.68. The summed E-state index contributed by atoms with van der Waals surface area (Å²) in [6.45, 7) is 5.12. The van der Waals surface area contributed by atoms with Gasteiger partial charge in [0.25, 0.3) is 5.91 Å². The van der Waals surface area contributed by atoms with Crippen LogP contribution in [0.2, 0.25) is 5.02 Å². The van der Waals surface area contributed by atoms with E-state index in [1.54, 1.807) is 6.07 Å². The van der Waals surface area contributed by atoms with Crippen molar-refractivity contribution < 1.29 is 4.79 Å². The van der Waals surface area contributed by atoms with Gasteiger partial charge in [0, 0.05) is 19.6 Å². The molecule has 27 heavy (non-hydrogen) atoms. The molecule has 4 rings (SSSR count). The van der Waals surface area contributed by atoms with Gasteiger partial charge in [-0.25, -0.2) is 0 Å². The van der Waals surface area contributed by atoms with Crippen molar-refractivity contribution in [2.45, 2.75) is 25.2 Å². The molecule has 4 heteroatoms. The van der Waals surface area contributed by atoms with Crippen LogP contribution in [0.25, 0.3) is 0 Å². The number of piperidine rings is 1. The number of likely N-dealkylation sites (tertiary alicyclic amines) is 2. The summed E-state index contributed by atoms with van der Waals surface area (Å²) < 4.78 is 0. The second-order valence-corrected chi connectivity index (χ2v) is 8.28. The van der Waals surface area contributed by atoms with Crippen molar-refractivity contribution in [3.63, 3.8) is 0 Å². The molecule has 0 spiro atoms. The van der Waals surface area contributed by atoms with Gasteiger partial charge in [0.2, 0.25) is 0 Å². The summed E-state index contributed by atoms with van der Waals surface area (Å²) in [4.78, 5) is 17.3. The van der Waals surface area contributed by atoms with E-state index in [0.717, 1.165) is 39.1 Å². The number of hydrogen-bond donors (Lipinski definition) is 0. The first-order chi connectivity index (χ1) is 13.2. The maximum atomic E-state index is 12.7. The maximum absolute atomic E-state index is 12.7. The zero-order valence-electron chi connectivity index (χ0n) is 15.7. The fraction of sp³-hybridized carbons (Fsp3) is 0.435. The van der Waals surface area contributed by atoms with Gasteiger partial charge in [-0.05, 0) is 61.9 Å². The van der Waals surface area contributed by atoms with Crippen molar-refractivity contribution in [3.05, 3.63) is 70.7 Å². The molecule has 2 saturated heterocycles. The molecule has 3 nitrogen and oxygen atoms in total. The van der Waals surface area contributed by atoms with E-state index in [0.29, 0.717) is 22.4 Å². The number of rotatable bonds is 4. The summed E-state index contributed by atoms with van der Waals surface area (Å²) in [6, 6.07) is 18.3. The van der Waals surface area contributed by atoms with Gasteiger partial charge < -0.3 is 9.80 Å². The fourth-order valence-electron chi connectivity index (χ4n) is 4.51. The van der Waals surface area contributed by atoms with Crippen LogP contribution in [0.5, 0.6) is 0 Å². The van der Waals surface area contributed by atoms with Crippen LogP contribution in [0, 0.1) is 5.92 Å². The van der Waals surface area contributed by atoms with Crippen LogP contribution in [-0.4, -0.2) is 48.4 Å². The highest BCUT2D eigenvalue weighted by atomic mass is 35.5. The van der Waals surface area contributed by atoms with Gasteiger partial charge in [0.05, 0.1) is 10.6 Å². The molecule has 1 amide bonds. The number of carbonyl (C=O) groups is 1. The minimum absolute atomic E-state index is 0.0749. The Bertz CT molecular complexity index is 771. The molecule has 142 valence electrons. The highest BCUT2D eigenvalue weighted by molar-refractivity contribution is 6.33. The second-order valence-electron chi connectivity index (χ2n) is 7.87. The SMILES string of the molecule is O=C(c1ccccc1Cl)N1CC[C@@H](CN2CCC(c3ccccc3)CC2)C1. The van der Waals surface area contributed by atoms with Gasteiger partial charge in [0.1, 0.15) is 0 Å². The summed E-state index contributed by atoms with van der Waals surface area (Å²) in [5.41, 5.74) is 2.11. The zero-order valence-corrected chi connectivity index (χ0v) is 16.4. The Labute approximate surface area is 166 Å². The van der Waals surface area contributed by atoms with Crippen LogP contribution in [0.4, 0.5) is 0 Å². The molecule has 2 heterocycles. The Morgan fingerprint density at radius 3 is 2.37 bits per heavy atom. The third kappa shape index (κ3) is 4.36. The van der Waals surface area contributed by atoms with Gasteiger partial charge in [0.15, 0.2) is 0 Å². The number of carbonyl (C=O) groups excluding carboxylic acids is 1. The van der Waals surface area contributed by atoms with Crippen LogP contribution in [0.3, 0.4) is 0 Å². The first kappa shape index (κ1) is 18.5. The zero-order chi connectivity index (χ0) is 18.6. The second kappa shape index (κ2) is 8.45. The predicted molar refractivity (Wildman–Crippen MR) is 110 cm³/mol. The van der Waals surface area contributed by atoms with Crippen LogP contribution >= 0.6 is 11.6 Å². The van der Waals surface area contributed by atoms with Gasteiger partial charge >= 0.3 is 0 Å². The largest absolute Gasteiger partial charge is 0.338 e. The first-order valence-electron chi connectivity index (χ1n) is 10.0. The number of benzene rings is 2. The molecule has 0 aliphatic carbocycles. The highest BCUT2D eigenvalue weighted by Gasteiger charge is 2.30. The van der Waals surface area contributed by atoms with E-state index in [4.69, 9.17) is 11.6 Å². The number of hydrogen-bond acceptors (Lipinski definition) is 2. The molecule has 0 bridgehead atoms. The van der Waals surface area contributed by atoms with Gasteiger partial charge in [-0.3, -0.25) is 4.79 Å². The summed E-state index contributed by atoms with van der Waals surface area (Å²) in [5.74, 6) is 1.35. The number of nitrogens with zero attached hydrogens (tertiary/aromatic N) is 2. The van der Waals surface area contributed by atoms with Gasteiger partial charge in [-0.2, -0.15) is 0 Å². The lowest BCUT2D eigenvalue weighted by atomic mass is 9.89. The smallest absolute Gasteiger partial charge is 0.255 e. The average molecular weight is 383 g/mol. The molecular formula is C23H27ClN2O. The van der Waals surface area contributed by atoms with E-state index >= 15 is 0 Å². The number of halogens is 1. The van der Waals surface area contributed by atoms with Crippen molar-refractivity contribution in [1.82, 2.24) is 9.80 Å². The Morgan fingerprint density at radius 2 is 1.63 bits per heavy atom. The van der Waals surface area contributed by atoms with E-state index < -0.39 is 0 Å². The lowest BCUT2D eigenvalue weighted by molar-refractivity contribution is 0.0782. The van der Waals surface area contributed by atoms with Crippen molar-refractivity contribution >= 4 is 17.5 Å². The molecule has 2 aromatic carbocycles. The summed E-state index contributed by atoms with van der Waals surface area (Å²) in [6.07, 6.45) is 3.56. The average Bonchev–Trinajstić information content (AvgIpc) is 3.18. The third-order valence-corrected chi connectivity index (χ3v) is 6.38. The minimum Gasteiger partial charge on any atom is -0.338 e. The molecule has 0 saturated carbocycles. The Hall–Kier alpha value is -1.84. The fourth-order valence-corrected chi connectivity index (χ4v) is 4.73. The molecule has 0 aromatic heterocycles. The maximum Gasteiger partial charge on any atom is 0.255 e. The van der Waals surface area contributed by atoms with Crippen molar-refractivity contribution in [2.24, 2.45) is 5.92 Å². The molecular weight excluding hydrogens is 356 g/mol. The van der Waals surface area contributed by atoms with Crippen molar-refractivity contribution in [2.75, 3.05) is 32.7 Å².